The molecule has 7 N–H and O–H groups in total. The van der Waals surface area contributed by atoms with Crippen molar-refractivity contribution in [1.82, 2.24) is 16.0 Å². The van der Waals surface area contributed by atoms with Gasteiger partial charge in [0, 0.05) is 47.6 Å². The maximum absolute atomic E-state index is 14.1. The average Bonchev–Trinajstić information content (AvgIpc) is 3.98. The Hall–Kier alpha value is -8.65. The van der Waals surface area contributed by atoms with Crippen molar-refractivity contribution in [3.8, 4) is 23.0 Å². The maximum Gasteiger partial charge on any atom is 0.260 e. The summed E-state index contributed by atoms with van der Waals surface area (Å²) in [5.74, 6) is -1.54. The maximum atomic E-state index is 14.1. The molecule has 1 saturated carbocycles. The molecule has 10 rings (SSSR count). The number of benzene rings is 5. The first kappa shape index (κ1) is 51.8. The number of nitrogens with one attached hydrogen (secondary N) is 6. The highest BCUT2D eigenvalue weighted by Crippen LogP contribution is 2.43. The zero-order valence-corrected chi connectivity index (χ0v) is 42.9. The van der Waals surface area contributed by atoms with E-state index in [0.717, 1.165) is 28.9 Å². The van der Waals surface area contributed by atoms with Crippen LogP contribution < -0.4 is 60.6 Å². The van der Waals surface area contributed by atoms with E-state index >= 15 is 0 Å². The van der Waals surface area contributed by atoms with Crippen LogP contribution in [0.3, 0.4) is 0 Å². The summed E-state index contributed by atoms with van der Waals surface area (Å²) in [4.78, 5) is 94.7. The molecule has 20 heteroatoms. The summed E-state index contributed by atoms with van der Waals surface area (Å²) >= 11 is 0. The minimum atomic E-state index is -1.10. The van der Waals surface area contributed by atoms with Crippen molar-refractivity contribution in [1.29, 1.82) is 0 Å². The molecule has 3 atom stereocenters. The lowest BCUT2D eigenvalue weighted by Gasteiger charge is -2.26. The second kappa shape index (κ2) is 22.3. The van der Waals surface area contributed by atoms with Gasteiger partial charge >= 0.3 is 0 Å². The standard InChI is InChI=1S/C57H60N8O12/c1-31(66)34-12-14-35(15-13-34)54(70)61-27-52(68)59-26-51(67)60-28-53(69)62-38-17-32(29-76-49-23-42-40(21-47(49)74-2)56(72)64-39(25-58-42)19-36-8-4-6-10-44(36)64)16-33(18-38)30-77-50-24-43-41(22-48(50)75-3)57(73)65-45-11-7-5-9-37(45)20-46(65)55(71)63-43/h4-11,16-18,21-24,34-35,39,46,55,58,63,71H,12-15,19-20,25-30H2,1-3H3,(H,59,68)(H,60,67)(H,61,70)(H,62,69)/t34?,35?,39-,46-,55?/m0/s1. The van der Waals surface area contributed by atoms with E-state index in [1.54, 1.807) is 48.2 Å². The van der Waals surface area contributed by atoms with Crippen LogP contribution in [0.2, 0.25) is 0 Å². The lowest BCUT2D eigenvalue weighted by atomic mass is 9.80. The molecule has 1 aliphatic carbocycles. The molecular formula is C57H60N8O12. The van der Waals surface area contributed by atoms with Gasteiger partial charge < -0.3 is 65.8 Å². The second-order valence-corrected chi connectivity index (χ2v) is 19.9. The van der Waals surface area contributed by atoms with Gasteiger partial charge in [0.25, 0.3) is 11.8 Å². The van der Waals surface area contributed by atoms with Gasteiger partial charge in [0.2, 0.25) is 23.6 Å². The van der Waals surface area contributed by atoms with E-state index in [1.165, 1.54) is 14.2 Å². The third kappa shape index (κ3) is 11.0. The summed E-state index contributed by atoms with van der Waals surface area (Å²) in [6, 6.07) is 26.6. The van der Waals surface area contributed by atoms with Gasteiger partial charge in [-0.2, -0.15) is 0 Å². The third-order valence-corrected chi connectivity index (χ3v) is 14.9. The lowest BCUT2D eigenvalue weighted by Crippen LogP contribution is -2.45. The highest BCUT2D eigenvalue weighted by molar-refractivity contribution is 6.13. The van der Waals surface area contributed by atoms with Crippen molar-refractivity contribution in [2.45, 2.75) is 77.0 Å². The highest BCUT2D eigenvalue weighted by atomic mass is 16.5. The molecule has 1 unspecified atom stereocenters. The molecule has 5 aromatic rings. The lowest BCUT2D eigenvalue weighted by molar-refractivity contribution is -0.131. The van der Waals surface area contributed by atoms with Gasteiger partial charge in [-0.15, -0.1) is 0 Å². The van der Waals surface area contributed by atoms with Crippen molar-refractivity contribution < 1.29 is 57.6 Å². The number of Topliss-reactive ketones (excluding diaryl/α,β-unsaturated/α-hetero) is 1. The molecule has 0 radical (unpaired) electrons. The van der Waals surface area contributed by atoms with E-state index in [0.29, 0.717) is 83.9 Å². The summed E-state index contributed by atoms with van der Waals surface area (Å²) in [6.45, 7) is 0.745. The molecule has 0 bridgehead atoms. The Labute approximate surface area is 444 Å². The molecular weight excluding hydrogens is 989 g/mol. The number of hydrogen-bond donors (Lipinski definition) is 7. The quantitative estimate of drug-likeness (QED) is 0.0657. The van der Waals surface area contributed by atoms with Crippen LogP contribution in [-0.4, -0.2) is 105 Å². The van der Waals surface area contributed by atoms with Crippen LogP contribution in [0.5, 0.6) is 23.0 Å². The molecule has 77 heavy (non-hydrogen) atoms. The molecule has 6 amide bonds. The van der Waals surface area contributed by atoms with Crippen LogP contribution in [0, 0.1) is 11.8 Å². The van der Waals surface area contributed by atoms with Crippen LogP contribution in [0.1, 0.15) is 75.6 Å². The zero-order chi connectivity index (χ0) is 53.9. The summed E-state index contributed by atoms with van der Waals surface area (Å²) in [5.41, 5.74) is 6.83. The number of amides is 6. The Kier molecular flexibility index (Phi) is 15.0. The number of carbonyl (C=O) groups is 7. The number of nitrogens with zero attached hydrogens (tertiary/aromatic N) is 2. The average molecular weight is 1050 g/mol. The number of fused-ring (bicyclic) bond motifs is 8. The Balaban J connectivity index is 0.826. The van der Waals surface area contributed by atoms with Crippen molar-refractivity contribution in [3.63, 3.8) is 0 Å². The number of ketones is 1. The molecule has 4 heterocycles. The van der Waals surface area contributed by atoms with Crippen LogP contribution in [0.15, 0.2) is 91.0 Å². The fraction of sp³-hybridized carbons (Fsp3) is 0.351. The first-order valence-corrected chi connectivity index (χ1v) is 25.7. The fourth-order valence-corrected chi connectivity index (χ4v) is 10.9. The topological polar surface area (TPSA) is 255 Å². The highest BCUT2D eigenvalue weighted by Gasteiger charge is 2.43. The number of hydrogen-bond acceptors (Lipinski definition) is 14. The number of carbonyl (C=O) groups excluding carboxylic acids is 7. The number of aliphatic hydroxyl groups is 1. The van der Waals surface area contributed by atoms with Gasteiger partial charge in [-0.25, -0.2) is 0 Å². The SMILES string of the molecule is COc1cc2c(cc1OCc1cc(COc3cc4c(cc3OC)C(=O)N3c5ccccc5C[C@H]3C(O)N4)cc(NC(=O)CNC(=O)CNC(=O)CNC(=O)C3CCC(C(C)=O)CC3)c1)NC[C@@H]1Cc3ccccc3N1C2=O. The van der Waals surface area contributed by atoms with Crippen LogP contribution in [0.25, 0.3) is 0 Å². The van der Waals surface area contributed by atoms with Crippen LogP contribution in [0.4, 0.5) is 28.4 Å². The monoisotopic (exact) mass is 1050 g/mol. The van der Waals surface area contributed by atoms with Gasteiger partial charge in [-0.3, -0.25) is 33.6 Å². The van der Waals surface area contributed by atoms with E-state index in [9.17, 15) is 38.7 Å². The molecule has 1 fully saturated rings. The Morgan fingerprint density at radius 3 is 1.78 bits per heavy atom. The summed E-state index contributed by atoms with van der Waals surface area (Å²) < 4.78 is 24.3. The van der Waals surface area contributed by atoms with E-state index < -0.39 is 43.1 Å². The minimum Gasteiger partial charge on any atom is -0.493 e. The Morgan fingerprint density at radius 2 is 1.16 bits per heavy atom. The Morgan fingerprint density at radius 1 is 0.623 bits per heavy atom. The van der Waals surface area contributed by atoms with Gasteiger partial charge in [-0.05, 0) is 110 Å². The van der Waals surface area contributed by atoms with Gasteiger partial charge in [0.1, 0.15) is 25.2 Å². The summed E-state index contributed by atoms with van der Waals surface area (Å²) in [7, 11) is 2.95. The number of aliphatic hydroxyl groups excluding tert-OH is 1. The van der Waals surface area contributed by atoms with E-state index in [4.69, 9.17) is 18.9 Å². The van der Waals surface area contributed by atoms with Crippen molar-refractivity contribution in [3.05, 3.63) is 124 Å². The number of methoxy groups -OCH3 is 2. The first-order chi connectivity index (χ1) is 37.2. The molecule has 5 aromatic carbocycles. The van der Waals surface area contributed by atoms with E-state index in [-0.39, 0.29) is 78.2 Å². The zero-order valence-electron chi connectivity index (χ0n) is 42.9. The smallest absolute Gasteiger partial charge is 0.260 e. The van der Waals surface area contributed by atoms with Crippen molar-refractivity contribution >= 4 is 69.7 Å². The number of ether oxygens (including phenoxy) is 4. The van der Waals surface area contributed by atoms with Gasteiger partial charge in [0.05, 0.1) is 68.4 Å². The molecule has 20 nitrogen and oxygen atoms in total. The number of para-hydroxylation sites is 2. The first-order valence-electron chi connectivity index (χ1n) is 25.7. The second-order valence-electron chi connectivity index (χ2n) is 19.9. The Bertz CT molecular complexity index is 3170. The van der Waals surface area contributed by atoms with Gasteiger partial charge in [0.15, 0.2) is 23.0 Å². The number of anilines is 5. The van der Waals surface area contributed by atoms with Crippen molar-refractivity contribution in [2.75, 3.05) is 66.1 Å². The predicted molar refractivity (Wildman–Crippen MR) is 284 cm³/mol. The van der Waals surface area contributed by atoms with Gasteiger partial charge in [-0.1, -0.05) is 36.4 Å². The summed E-state index contributed by atoms with van der Waals surface area (Å²) in [5, 5.41) is 28.3. The molecule has 4 aliphatic heterocycles. The molecule has 5 aliphatic rings. The fourth-order valence-electron chi connectivity index (χ4n) is 10.9. The largest absolute Gasteiger partial charge is 0.493 e. The van der Waals surface area contributed by atoms with E-state index in [2.05, 4.69) is 31.9 Å². The minimum absolute atomic E-state index is 0.0350. The molecule has 400 valence electrons. The third-order valence-electron chi connectivity index (χ3n) is 14.9. The van der Waals surface area contributed by atoms with E-state index in [1.807, 2.05) is 59.5 Å². The normalized spacial score (nSPS) is 19.7. The molecule has 0 saturated heterocycles. The van der Waals surface area contributed by atoms with Crippen LogP contribution >= 0.6 is 0 Å². The molecule has 0 aromatic heterocycles. The number of rotatable bonds is 17. The molecule has 0 spiro atoms. The van der Waals surface area contributed by atoms with Crippen LogP contribution in [-0.2, 0) is 50.0 Å². The predicted octanol–water partition coefficient (Wildman–Crippen LogP) is 4.86. The summed E-state index contributed by atoms with van der Waals surface area (Å²) in [6.07, 6.45) is 2.47. The van der Waals surface area contributed by atoms with Crippen molar-refractivity contribution in [2.24, 2.45) is 11.8 Å².